The molecule has 0 heterocycles. The first kappa shape index (κ1) is 13.2. The standard InChI is InChI=1S/C10H23N3O/c1-4-7-11-10(14)12-8-9-13(5-2)6-3/h4-9H2,1-3H3,(H2,11,12,14). The smallest absolute Gasteiger partial charge is 0.314 e. The maximum Gasteiger partial charge on any atom is 0.314 e. The molecule has 0 aromatic carbocycles. The summed E-state index contributed by atoms with van der Waals surface area (Å²) in [5.41, 5.74) is 0. The Bertz CT molecular complexity index is 146. The summed E-state index contributed by atoms with van der Waals surface area (Å²) in [6, 6.07) is -0.0565. The van der Waals surface area contributed by atoms with Gasteiger partial charge in [-0.3, -0.25) is 0 Å². The average molecular weight is 201 g/mol. The number of carbonyl (C=O) groups excluding carboxylic acids is 1. The molecular formula is C10H23N3O. The number of nitrogens with one attached hydrogen (secondary N) is 2. The summed E-state index contributed by atoms with van der Waals surface area (Å²) in [7, 11) is 0. The zero-order chi connectivity index (χ0) is 10.8. The second-order valence-corrected chi connectivity index (χ2v) is 3.21. The van der Waals surface area contributed by atoms with Gasteiger partial charge in [-0.2, -0.15) is 0 Å². The van der Waals surface area contributed by atoms with E-state index in [1.165, 1.54) is 0 Å². The zero-order valence-electron chi connectivity index (χ0n) is 9.60. The number of amides is 2. The lowest BCUT2D eigenvalue weighted by molar-refractivity contribution is 0.237. The van der Waals surface area contributed by atoms with Gasteiger partial charge in [-0.05, 0) is 19.5 Å². The Hall–Kier alpha value is -0.770. The summed E-state index contributed by atoms with van der Waals surface area (Å²) < 4.78 is 0. The average Bonchev–Trinajstić information content (AvgIpc) is 2.21. The second kappa shape index (κ2) is 8.81. The third-order valence-electron chi connectivity index (χ3n) is 2.14. The fourth-order valence-electron chi connectivity index (χ4n) is 1.17. The van der Waals surface area contributed by atoms with Crippen molar-refractivity contribution in [2.45, 2.75) is 27.2 Å². The van der Waals surface area contributed by atoms with E-state index in [1.807, 2.05) is 6.92 Å². The predicted octanol–water partition coefficient (Wildman–Crippen LogP) is 1.04. The normalized spacial score (nSPS) is 10.3. The first-order valence-electron chi connectivity index (χ1n) is 5.48. The van der Waals surface area contributed by atoms with Crippen LogP contribution in [0, 0.1) is 0 Å². The van der Waals surface area contributed by atoms with Crippen LogP contribution in [0.2, 0.25) is 0 Å². The van der Waals surface area contributed by atoms with E-state index in [1.54, 1.807) is 0 Å². The van der Waals surface area contributed by atoms with Crippen molar-refractivity contribution in [3.05, 3.63) is 0 Å². The van der Waals surface area contributed by atoms with E-state index in [-0.39, 0.29) is 6.03 Å². The van der Waals surface area contributed by atoms with Gasteiger partial charge in [0.25, 0.3) is 0 Å². The summed E-state index contributed by atoms with van der Waals surface area (Å²) in [6.45, 7) is 10.8. The Morgan fingerprint density at radius 1 is 1.07 bits per heavy atom. The highest BCUT2D eigenvalue weighted by Gasteiger charge is 2.00. The van der Waals surface area contributed by atoms with Gasteiger partial charge in [0.1, 0.15) is 0 Å². The second-order valence-electron chi connectivity index (χ2n) is 3.21. The lowest BCUT2D eigenvalue weighted by Crippen LogP contribution is -2.40. The number of rotatable bonds is 7. The monoisotopic (exact) mass is 201 g/mol. The van der Waals surface area contributed by atoms with Crippen molar-refractivity contribution in [2.24, 2.45) is 0 Å². The third-order valence-corrected chi connectivity index (χ3v) is 2.14. The van der Waals surface area contributed by atoms with E-state index >= 15 is 0 Å². The predicted molar refractivity (Wildman–Crippen MR) is 59.5 cm³/mol. The molecule has 0 aliphatic rings. The minimum atomic E-state index is -0.0565. The number of carbonyl (C=O) groups is 1. The molecule has 0 saturated carbocycles. The van der Waals surface area contributed by atoms with Gasteiger partial charge in [-0.1, -0.05) is 20.8 Å². The van der Waals surface area contributed by atoms with Crippen LogP contribution < -0.4 is 10.6 Å². The minimum Gasteiger partial charge on any atom is -0.338 e. The fraction of sp³-hybridized carbons (Fsp3) is 0.900. The molecule has 0 rings (SSSR count). The van der Waals surface area contributed by atoms with Gasteiger partial charge in [0, 0.05) is 19.6 Å². The zero-order valence-corrected chi connectivity index (χ0v) is 9.60. The van der Waals surface area contributed by atoms with E-state index in [9.17, 15) is 4.79 Å². The SMILES string of the molecule is CCCNC(=O)NCCN(CC)CC. The summed E-state index contributed by atoms with van der Waals surface area (Å²) >= 11 is 0. The largest absolute Gasteiger partial charge is 0.338 e. The molecule has 0 aliphatic heterocycles. The molecule has 0 bridgehead atoms. The molecule has 0 spiro atoms. The Balaban J connectivity index is 3.38. The first-order chi connectivity index (χ1) is 6.74. The molecule has 0 saturated heterocycles. The van der Waals surface area contributed by atoms with Crippen LogP contribution in [0.5, 0.6) is 0 Å². The van der Waals surface area contributed by atoms with E-state index in [4.69, 9.17) is 0 Å². The number of nitrogens with zero attached hydrogens (tertiary/aromatic N) is 1. The van der Waals surface area contributed by atoms with Crippen molar-refractivity contribution in [3.63, 3.8) is 0 Å². The van der Waals surface area contributed by atoms with Crippen molar-refractivity contribution >= 4 is 6.03 Å². The van der Waals surface area contributed by atoms with Crippen LogP contribution in [0.1, 0.15) is 27.2 Å². The summed E-state index contributed by atoms with van der Waals surface area (Å²) in [4.78, 5) is 13.4. The quantitative estimate of drug-likeness (QED) is 0.646. The Kier molecular flexibility index (Phi) is 8.33. The molecule has 84 valence electrons. The van der Waals surface area contributed by atoms with Gasteiger partial charge >= 0.3 is 6.03 Å². The highest BCUT2D eigenvalue weighted by atomic mass is 16.2. The van der Waals surface area contributed by atoms with Gasteiger partial charge in [0.2, 0.25) is 0 Å². The van der Waals surface area contributed by atoms with E-state index in [2.05, 4.69) is 29.4 Å². The molecule has 0 fully saturated rings. The summed E-state index contributed by atoms with van der Waals surface area (Å²) in [5, 5.41) is 5.60. The topological polar surface area (TPSA) is 44.4 Å². The Morgan fingerprint density at radius 2 is 1.64 bits per heavy atom. The van der Waals surface area contributed by atoms with Gasteiger partial charge in [-0.25, -0.2) is 4.79 Å². The number of urea groups is 1. The van der Waals surface area contributed by atoms with Crippen LogP contribution in [0.15, 0.2) is 0 Å². The molecule has 0 aliphatic carbocycles. The van der Waals surface area contributed by atoms with Crippen molar-refractivity contribution in [1.82, 2.24) is 15.5 Å². The molecule has 0 aromatic rings. The molecule has 0 aromatic heterocycles. The molecule has 14 heavy (non-hydrogen) atoms. The summed E-state index contributed by atoms with van der Waals surface area (Å²) in [5.74, 6) is 0. The van der Waals surface area contributed by atoms with E-state index in [0.717, 1.165) is 39.1 Å². The fourth-order valence-corrected chi connectivity index (χ4v) is 1.17. The summed E-state index contributed by atoms with van der Waals surface area (Å²) in [6.07, 6.45) is 0.976. The van der Waals surface area contributed by atoms with Crippen LogP contribution in [0.4, 0.5) is 4.79 Å². The lowest BCUT2D eigenvalue weighted by atomic mass is 10.4. The first-order valence-corrected chi connectivity index (χ1v) is 5.48. The van der Waals surface area contributed by atoms with Crippen LogP contribution >= 0.6 is 0 Å². The van der Waals surface area contributed by atoms with Crippen molar-refractivity contribution in [3.8, 4) is 0 Å². The van der Waals surface area contributed by atoms with Crippen LogP contribution in [-0.4, -0.2) is 43.7 Å². The highest BCUT2D eigenvalue weighted by molar-refractivity contribution is 5.73. The van der Waals surface area contributed by atoms with Crippen molar-refractivity contribution < 1.29 is 4.79 Å². The molecule has 2 amide bonds. The van der Waals surface area contributed by atoms with Gasteiger partial charge in [0.15, 0.2) is 0 Å². The third kappa shape index (κ3) is 6.71. The molecule has 4 heteroatoms. The number of hydrogen-bond donors (Lipinski definition) is 2. The molecular weight excluding hydrogens is 178 g/mol. The van der Waals surface area contributed by atoms with Gasteiger partial charge < -0.3 is 15.5 Å². The molecule has 2 N–H and O–H groups in total. The van der Waals surface area contributed by atoms with Crippen LogP contribution in [0.3, 0.4) is 0 Å². The van der Waals surface area contributed by atoms with Crippen LogP contribution in [-0.2, 0) is 0 Å². The Labute approximate surface area is 87.0 Å². The lowest BCUT2D eigenvalue weighted by Gasteiger charge is -2.17. The van der Waals surface area contributed by atoms with Gasteiger partial charge in [-0.15, -0.1) is 0 Å². The number of likely N-dealkylation sites (N-methyl/N-ethyl adjacent to an activating group) is 1. The highest BCUT2D eigenvalue weighted by Crippen LogP contribution is 1.83. The van der Waals surface area contributed by atoms with Crippen LogP contribution in [0.25, 0.3) is 0 Å². The molecule has 4 nitrogen and oxygen atoms in total. The van der Waals surface area contributed by atoms with E-state index in [0.29, 0.717) is 0 Å². The van der Waals surface area contributed by atoms with Gasteiger partial charge in [0.05, 0.1) is 0 Å². The van der Waals surface area contributed by atoms with Crippen molar-refractivity contribution in [2.75, 3.05) is 32.7 Å². The molecule has 0 radical (unpaired) electrons. The molecule has 0 atom stereocenters. The molecule has 0 unspecified atom stereocenters. The van der Waals surface area contributed by atoms with Crippen molar-refractivity contribution in [1.29, 1.82) is 0 Å². The number of hydrogen-bond acceptors (Lipinski definition) is 2. The maximum atomic E-state index is 11.1. The van der Waals surface area contributed by atoms with E-state index < -0.39 is 0 Å². The Morgan fingerprint density at radius 3 is 2.14 bits per heavy atom. The minimum absolute atomic E-state index is 0.0565. The maximum absolute atomic E-state index is 11.1.